The average molecular weight is 238 g/mol. The summed E-state index contributed by atoms with van der Waals surface area (Å²) in [5, 5.41) is 7.41. The number of ether oxygens (including phenoxy) is 1. The van der Waals surface area contributed by atoms with Gasteiger partial charge in [0.2, 0.25) is 0 Å². The summed E-state index contributed by atoms with van der Waals surface area (Å²) in [7, 11) is 1.60. The largest absolute Gasteiger partial charge is 0.497 e. The van der Waals surface area contributed by atoms with Gasteiger partial charge in [0.05, 0.1) is 17.8 Å². The van der Waals surface area contributed by atoms with Crippen molar-refractivity contribution in [1.82, 2.24) is 10.2 Å². The Morgan fingerprint density at radius 3 is 2.69 bits per heavy atom. The van der Waals surface area contributed by atoms with Gasteiger partial charge in [-0.2, -0.15) is 5.10 Å². The predicted molar refractivity (Wildman–Crippen MR) is 64.7 cm³/mol. The molecule has 1 heterocycles. The molecular weight excluding hydrogens is 226 g/mol. The summed E-state index contributed by atoms with van der Waals surface area (Å²) in [6.07, 6.45) is 0. The van der Waals surface area contributed by atoms with Crippen LogP contribution in [0.4, 0.5) is 5.82 Å². The van der Waals surface area contributed by atoms with Crippen molar-refractivity contribution in [2.24, 2.45) is 0 Å². The van der Waals surface area contributed by atoms with Crippen molar-refractivity contribution in [1.29, 1.82) is 0 Å². The van der Waals surface area contributed by atoms with Crippen molar-refractivity contribution in [2.45, 2.75) is 6.92 Å². The van der Waals surface area contributed by atoms with E-state index in [1.165, 1.54) is 0 Å². The summed E-state index contributed by atoms with van der Waals surface area (Å²) < 4.78 is 5.09. The molecule has 0 atom stereocenters. The molecule has 4 nitrogen and oxygen atoms in total. The highest BCUT2D eigenvalue weighted by Gasteiger charge is 2.11. The summed E-state index contributed by atoms with van der Waals surface area (Å²) in [5.41, 5.74) is 8.27. The lowest BCUT2D eigenvalue weighted by Gasteiger charge is -2.05. The zero-order valence-electron chi connectivity index (χ0n) is 9.04. The van der Waals surface area contributed by atoms with E-state index in [1.807, 2.05) is 19.1 Å². The maximum absolute atomic E-state index is 6.16. The number of H-pyrrole nitrogens is 1. The molecule has 3 N–H and O–H groups in total. The molecule has 5 heteroatoms. The van der Waals surface area contributed by atoms with Crippen LogP contribution in [0.1, 0.15) is 5.56 Å². The number of nitrogen functional groups attached to an aromatic ring is 1. The van der Waals surface area contributed by atoms with E-state index in [0.29, 0.717) is 10.8 Å². The van der Waals surface area contributed by atoms with E-state index in [9.17, 15) is 0 Å². The van der Waals surface area contributed by atoms with Gasteiger partial charge in [-0.05, 0) is 25.1 Å². The second-order valence-corrected chi connectivity index (χ2v) is 3.86. The molecule has 0 spiro atoms. The third-order valence-electron chi connectivity index (χ3n) is 2.49. The topological polar surface area (TPSA) is 63.9 Å². The Labute approximate surface area is 98.4 Å². The molecule has 84 valence electrons. The maximum Gasteiger partial charge on any atom is 0.148 e. The summed E-state index contributed by atoms with van der Waals surface area (Å²) in [6.45, 7) is 1.90. The van der Waals surface area contributed by atoms with Crippen LogP contribution < -0.4 is 10.5 Å². The van der Waals surface area contributed by atoms with Crippen LogP contribution in [0, 0.1) is 6.92 Å². The summed E-state index contributed by atoms with van der Waals surface area (Å²) in [5.74, 6) is 1.21. The van der Waals surface area contributed by atoms with E-state index in [1.54, 1.807) is 13.2 Å². The molecule has 0 saturated heterocycles. The van der Waals surface area contributed by atoms with E-state index in [-0.39, 0.29) is 0 Å². The number of anilines is 1. The van der Waals surface area contributed by atoms with Gasteiger partial charge in [-0.15, -0.1) is 0 Å². The summed E-state index contributed by atoms with van der Waals surface area (Å²) >= 11 is 6.16. The number of nitrogens with one attached hydrogen (secondary N) is 1. The Morgan fingerprint density at radius 1 is 1.44 bits per heavy atom. The second kappa shape index (κ2) is 4.06. The zero-order valence-corrected chi connectivity index (χ0v) is 9.80. The van der Waals surface area contributed by atoms with Crippen LogP contribution in [-0.4, -0.2) is 17.3 Å². The Kier molecular flexibility index (Phi) is 2.75. The third-order valence-corrected chi connectivity index (χ3v) is 2.81. The highest BCUT2D eigenvalue weighted by molar-refractivity contribution is 6.33. The van der Waals surface area contributed by atoms with Gasteiger partial charge in [-0.1, -0.05) is 11.6 Å². The minimum atomic E-state index is 0.488. The molecule has 0 bridgehead atoms. The van der Waals surface area contributed by atoms with Crippen LogP contribution in [0.15, 0.2) is 18.2 Å². The smallest absolute Gasteiger partial charge is 0.148 e. The molecule has 0 unspecified atom stereocenters. The monoisotopic (exact) mass is 237 g/mol. The lowest BCUT2D eigenvalue weighted by molar-refractivity contribution is 0.415. The van der Waals surface area contributed by atoms with Crippen LogP contribution in [-0.2, 0) is 0 Å². The van der Waals surface area contributed by atoms with Crippen molar-refractivity contribution in [3.8, 4) is 17.0 Å². The molecule has 0 saturated carbocycles. The third kappa shape index (κ3) is 1.72. The van der Waals surface area contributed by atoms with Gasteiger partial charge in [0.1, 0.15) is 11.6 Å². The van der Waals surface area contributed by atoms with Crippen molar-refractivity contribution in [2.75, 3.05) is 12.8 Å². The number of hydrogen-bond acceptors (Lipinski definition) is 3. The molecule has 0 aliphatic heterocycles. The molecule has 2 rings (SSSR count). The molecule has 2 aromatic rings. The molecular formula is C11H12ClN3O. The van der Waals surface area contributed by atoms with Gasteiger partial charge in [0.25, 0.3) is 0 Å². The number of aromatic nitrogens is 2. The number of hydrogen-bond donors (Lipinski definition) is 2. The molecule has 1 aromatic carbocycles. The lowest BCUT2D eigenvalue weighted by Crippen LogP contribution is -1.88. The first-order chi connectivity index (χ1) is 7.63. The van der Waals surface area contributed by atoms with Gasteiger partial charge in [-0.25, -0.2) is 0 Å². The molecule has 0 amide bonds. The van der Waals surface area contributed by atoms with E-state index in [2.05, 4.69) is 10.2 Å². The first-order valence-corrected chi connectivity index (χ1v) is 5.15. The average Bonchev–Trinajstić information content (AvgIpc) is 2.60. The van der Waals surface area contributed by atoms with Crippen LogP contribution in [0.5, 0.6) is 5.75 Å². The number of benzene rings is 1. The van der Waals surface area contributed by atoms with Gasteiger partial charge in [0, 0.05) is 11.1 Å². The number of aromatic amines is 1. The minimum Gasteiger partial charge on any atom is -0.497 e. The standard InChI is InChI=1S/C11H12ClN3O/c1-6-10(14-15-11(6)13)8-4-3-7(16-2)5-9(8)12/h3-5H,1-2H3,(H3,13,14,15). The van der Waals surface area contributed by atoms with Crippen molar-refractivity contribution in [3.05, 3.63) is 28.8 Å². The predicted octanol–water partition coefficient (Wildman–Crippen LogP) is 2.63. The minimum absolute atomic E-state index is 0.488. The molecule has 1 aromatic heterocycles. The Balaban J connectivity index is 2.52. The van der Waals surface area contributed by atoms with Crippen LogP contribution in [0.3, 0.4) is 0 Å². The number of nitrogens with zero attached hydrogens (tertiary/aromatic N) is 1. The normalized spacial score (nSPS) is 10.4. The van der Waals surface area contributed by atoms with Gasteiger partial charge >= 0.3 is 0 Å². The van der Waals surface area contributed by atoms with E-state index in [0.717, 1.165) is 22.6 Å². The maximum atomic E-state index is 6.16. The Hall–Kier alpha value is -1.68. The molecule has 16 heavy (non-hydrogen) atoms. The number of methoxy groups -OCH3 is 1. The highest BCUT2D eigenvalue weighted by Crippen LogP contribution is 2.32. The van der Waals surface area contributed by atoms with Crippen LogP contribution in [0.2, 0.25) is 5.02 Å². The molecule has 0 aliphatic rings. The van der Waals surface area contributed by atoms with E-state index >= 15 is 0 Å². The highest BCUT2D eigenvalue weighted by atomic mass is 35.5. The van der Waals surface area contributed by atoms with Gasteiger partial charge in [0.15, 0.2) is 0 Å². The van der Waals surface area contributed by atoms with Gasteiger partial charge in [-0.3, -0.25) is 5.10 Å². The summed E-state index contributed by atoms with van der Waals surface area (Å²) in [6, 6.07) is 5.48. The van der Waals surface area contributed by atoms with Crippen molar-refractivity contribution >= 4 is 17.4 Å². The number of rotatable bonds is 2. The Morgan fingerprint density at radius 2 is 2.19 bits per heavy atom. The first-order valence-electron chi connectivity index (χ1n) is 4.78. The molecule has 0 radical (unpaired) electrons. The number of nitrogens with two attached hydrogens (primary N) is 1. The van der Waals surface area contributed by atoms with E-state index in [4.69, 9.17) is 22.1 Å². The fourth-order valence-electron chi connectivity index (χ4n) is 1.50. The van der Waals surface area contributed by atoms with E-state index < -0.39 is 0 Å². The molecule has 0 aliphatic carbocycles. The first kappa shape index (κ1) is 10.8. The molecule has 0 fully saturated rings. The van der Waals surface area contributed by atoms with Crippen LogP contribution >= 0.6 is 11.6 Å². The quantitative estimate of drug-likeness (QED) is 0.844. The SMILES string of the molecule is COc1ccc(-c2[nH]nc(N)c2C)c(Cl)c1. The fraction of sp³-hybridized carbons (Fsp3) is 0.182. The van der Waals surface area contributed by atoms with Crippen molar-refractivity contribution in [3.63, 3.8) is 0 Å². The zero-order chi connectivity index (χ0) is 11.7. The second-order valence-electron chi connectivity index (χ2n) is 3.45. The lowest BCUT2D eigenvalue weighted by atomic mass is 10.1. The summed E-state index contributed by atoms with van der Waals surface area (Å²) in [4.78, 5) is 0. The van der Waals surface area contributed by atoms with Gasteiger partial charge < -0.3 is 10.5 Å². The fourth-order valence-corrected chi connectivity index (χ4v) is 1.76. The number of halogens is 1. The van der Waals surface area contributed by atoms with Crippen molar-refractivity contribution < 1.29 is 4.74 Å². The Bertz CT molecular complexity index is 522. The van der Waals surface area contributed by atoms with Crippen LogP contribution in [0.25, 0.3) is 11.3 Å².